The molecule has 2 amide bonds. The second-order valence-electron chi connectivity index (χ2n) is 7.38. The first-order valence-electron chi connectivity index (χ1n) is 10.1. The van der Waals surface area contributed by atoms with Gasteiger partial charge < -0.3 is 10.2 Å². The summed E-state index contributed by atoms with van der Waals surface area (Å²) in [6.45, 7) is 0.148. The van der Waals surface area contributed by atoms with Crippen molar-refractivity contribution in [2.45, 2.75) is 25.4 Å². The van der Waals surface area contributed by atoms with Crippen molar-refractivity contribution in [2.75, 3.05) is 7.05 Å². The first kappa shape index (κ1) is 23.8. The Labute approximate surface area is 197 Å². The Kier molecular flexibility index (Phi) is 8.26. The van der Waals surface area contributed by atoms with E-state index < -0.39 is 6.04 Å². The highest BCUT2D eigenvalue weighted by Crippen LogP contribution is 2.23. The number of carbonyl (C=O) groups is 2. The normalized spacial score (nSPS) is 11.6. The summed E-state index contributed by atoms with van der Waals surface area (Å²) >= 11 is 12.3. The van der Waals surface area contributed by atoms with Crippen molar-refractivity contribution >= 4 is 35.0 Å². The molecule has 0 aliphatic carbocycles. The van der Waals surface area contributed by atoms with Crippen LogP contribution in [0.5, 0.6) is 0 Å². The molecule has 1 atom stereocenters. The minimum atomic E-state index is -0.758. The molecule has 0 heterocycles. The van der Waals surface area contributed by atoms with Gasteiger partial charge in [0.15, 0.2) is 0 Å². The van der Waals surface area contributed by atoms with Crippen LogP contribution in [0.3, 0.4) is 0 Å². The lowest BCUT2D eigenvalue weighted by atomic mass is 10.0. The zero-order valence-corrected chi connectivity index (χ0v) is 19.0. The fourth-order valence-corrected chi connectivity index (χ4v) is 3.91. The number of rotatable bonds is 8. The monoisotopic (exact) mass is 472 g/mol. The second kappa shape index (κ2) is 11.1. The molecule has 0 spiro atoms. The predicted octanol–water partition coefficient (Wildman–Crippen LogP) is 5.06. The van der Waals surface area contributed by atoms with Crippen LogP contribution in [0.25, 0.3) is 0 Å². The summed E-state index contributed by atoms with van der Waals surface area (Å²) in [5.74, 6) is -0.929. The molecule has 1 N–H and O–H groups in total. The SMILES string of the molecule is CNC(=O)[C@H](Cc1ccccc1)N(Cc1ccc(F)cc1)C(=O)Cc1ccc(Cl)cc1Cl. The van der Waals surface area contributed by atoms with Crippen LogP contribution in [0.2, 0.25) is 10.0 Å². The van der Waals surface area contributed by atoms with E-state index in [1.54, 1.807) is 30.3 Å². The molecule has 0 fully saturated rings. The molecule has 166 valence electrons. The number of halogens is 3. The average Bonchev–Trinajstić information content (AvgIpc) is 2.79. The van der Waals surface area contributed by atoms with Crippen molar-refractivity contribution in [1.29, 1.82) is 0 Å². The maximum Gasteiger partial charge on any atom is 0.242 e. The molecule has 0 saturated heterocycles. The number of hydrogen-bond donors (Lipinski definition) is 1. The number of carbonyl (C=O) groups excluding carboxylic acids is 2. The van der Waals surface area contributed by atoms with Gasteiger partial charge in [-0.3, -0.25) is 9.59 Å². The quantitative estimate of drug-likeness (QED) is 0.497. The zero-order valence-electron chi connectivity index (χ0n) is 17.5. The van der Waals surface area contributed by atoms with Crippen LogP contribution >= 0.6 is 23.2 Å². The molecule has 3 aromatic rings. The first-order valence-corrected chi connectivity index (χ1v) is 10.9. The molecule has 0 saturated carbocycles. The van der Waals surface area contributed by atoms with Gasteiger partial charge in [-0.15, -0.1) is 0 Å². The Morgan fingerprint density at radius 2 is 1.66 bits per heavy atom. The second-order valence-corrected chi connectivity index (χ2v) is 8.22. The number of nitrogens with one attached hydrogen (secondary N) is 1. The minimum absolute atomic E-state index is 0.000515. The van der Waals surface area contributed by atoms with Crippen LogP contribution in [0.4, 0.5) is 4.39 Å². The van der Waals surface area contributed by atoms with E-state index in [0.29, 0.717) is 27.6 Å². The van der Waals surface area contributed by atoms with Gasteiger partial charge >= 0.3 is 0 Å². The summed E-state index contributed by atoms with van der Waals surface area (Å²) in [5.41, 5.74) is 2.24. The molecule has 4 nitrogen and oxygen atoms in total. The van der Waals surface area contributed by atoms with Crippen molar-refractivity contribution in [3.63, 3.8) is 0 Å². The molecule has 0 aliphatic rings. The smallest absolute Gasteiger partial charge is 0.242 e. The summed E-state index contributed by atoms with van der Waals surface area (Å²) in [5, 5.41) is 3.52. The van der Waals surface area contributed by atoms with Crippen molar-refractivity contribution < 1.29 is 14.0 Å². The molecule has 0 bridgehead atoms. The van der Waals surface area contributed by atoms with Crippen molar-refractivity contribution in [2.24, 2.45) is 0 Å². The third-order valence-electron chi connectivity index (χ3n) is 5.14. The lowest BCUT2D eigenvalue weighted by Gasteiger charge is -2.31. The van der Waals surface area contributed by atoms with Gasteiger partial charge in [0.05, 0.1) is 6.42 Å². The van der Waals surface area contributed by atoms with E-state index in [0.717, 1.165) is 5.56 Å². The van der Waals surface area contributed by atoms with Crippen LogP contribution < -0.4 is 5.32 Å². The summed E-state index contributed by atoms with van der Waals surface area (Å²) in [7, 11) is 1.54. The fraction of sp³-hybridized carbons (Fsp3) is 0.200. The van der Waals surface area contributed by atoms with Crippen molar-refractivity contribution in [1.82, 2.24) is 10.2 Å². The van der Waals surface area contributed by atoms with Gasteiger partial charge in [-0.1, -0.05) is 71.7 Å². The fourth-order valence-electron chi connectivity index (χ4n) is 3.44. The van der Waals surface area contributed by atoms with Crippen LogP contribution in [0.15, 0.2) is 72.8 Å². The van der Waals surface area contributed by atoms with E-state index in [9.17, 15) is 14.0 Å². The van der Waals surface area contributed by atoms with E-state index in [1.807, 2.05) is 30.3 Å². The van der Waals surface area contributed by atoms with Crippen LogP contribution in [0.1, 0.15) is 16.7 Å². The summed E-state index contributed by atoms with van der Waals surface area (Å²) < 4.78 is 13.4. The molecule has 7 heteroatoms. The lowest BCUT2D eigenvalue weighted by Crippen LogP contribution is -2.50. The average molecular weight is 473 g/mol. The van der Waals surface area contributed by atoms with Gasteiger partial charge in [-0.05, 0) is 41.0 Å². The van der Waals surface area contributed by atoms with E-state index in [4.69, 9.17) is 23.2 Å². The largest absolute Gasteiger partial charge is 0.357 e. The number of hydrogen-bond acceptors (Lipinski definition) is 2. The van der Waals surface area contributed by atoms with Crippen LogP contribution in [0, 0.1) is 5.82 Å². The zero-order chi connectivity index (χ0) is 23.1. The van der Waals surface area contributed by atoms with Gasteiger partial charge in [0, 0.05) is 30.1 Å². The van der Waals surface area contributed by atoms with Crippen LogP contribution in [-0.4, -0.2) is 29.8 Å². The number of likely N-dealkylation sites (N-methyl/N-ethyl adjacent to an activating group) is 1. The number of benzene rings is 3. The van der Waals surface area contributed by atoms with Gasteiger partial charge in [-0.2, -0.15) is 0 Å². The Balaban J connectivity index is 1.95. The van der Waals surface area contributed by atoms with Gasteiger partial charge in [-0.25, -0.2) is 4.39 Å². The summed E-state index contributed by atoms with van der Waals surface area (Å²) in [6, 6.07) is 19.5. The highest BCUT2D eigenvalue weighted by molar-refractivity contribution is 6.35. The Morgan fingerprint density at radius 1 is 0.969 bits per heavy atom. The Bertz CT molecular complexity index is 1080. The predicted molar refractivity (Wildman–Crippen MR) is 125 cm³/mol. The third kappa shape index (κ3) is 6.31. The maximum atomic E-state index is 13.5. The molecular weight excluding hydrogens is 450 g/mol. The van der Waals surface area contributed by atoms with E-state index in [2.05, 4.69) is 5.32 Å². The Hall–Kier alpha value is -2.89. The topological polar surface area (TPSA) is 49.4 Å². The number of amides is 2. The molecular formula is C25H23Cl2FN2O2. The van der Waals surface area contributed by atoms with E-state index in [-0.39, 0.29) is 30.6 Å². The third-order valence-corrected chi connectivity index (χ3v) is 5.73. The van der Waals surface area contributed by atoms with Crippen LogP contribution in [-0.2, 0) is 29.0 Å². The van der Waals surface area contributed by atoms with Gasteiger partial charge in [0.2, 0.25) is 11.8 Å². The van der Waals surface area contributed by atoms with Gasteiger partial charge in [0.1, 0.15) is 11.9 Å². The molecule has 3 aromatic carbocycles. The van der Waals surface area contributed by atoms with Crippen molar-refractivity contribution in [3.05, 3.63) is 105 Å². The molecule has 3 rings (SSSR count). The molecule has 0 radical (unpaired) electrons. The first-order chi connectivity index (χ1) is 15.4. The molecule has 0 aliphatic heterocycles. The van der Waals surface area contributed by atoms with Gasteiger partial charge in [0.25, 0.3) is 0 Å². The molecule has 0 unspecified atom stereocenters. The lowest BCUT2D eigenvalue weighted by molar-refractivity contribution is -0.140. The highest BCUT2D eigenvalue weighted by Gasteiger charge is 2.30. The standard InChI is InChI=1S/C25H23Cl2FN2O2/c1-29-25(32)23(13-17-5-3-2-4-6-17)30(16-18-7-11-21(28)12-8-18)24(31)14-19-9-10-20(26)15-22(19)27/h2-12,15,23H,13-14,16H2,1H3,(H,29,32)/t23-/m0/s1. The molecule has 0 aromatic heterocycles. The number of nitrogens with zero attached hydrogens (tertiary/aromatic N) is 1. The minimum Gasteiger partial charge on any atom is -0.357 e. The highest BCUT2D eigenvalue weighted by atomic mass is 35.5. The summed E-state index contributed by atoms with van der Waals surface area (Å²) in [4.78, 5) is 27.8. The van der Waals surface area contributed by atoms with E-state index in [1.165, 1.54) is 24.1 Å². The maximum absolute atomic E-state index is 13.5. The Morgan fingerprint density at radius 3 is 2.28 bits per heavy atom. The molecule has 32 heavy (non-hydrogen) atoms. The van der Waals surface area contributed by atoms with Crippen molar-refractivity contribution in [3.8, 4) is 0 Å². The van der Waals surface area contributed by atoms with E-state index >= 15 is 0 Å². The summed E-state index contributed by atoms with van der Waals surface area (Å²) in [6.07, 6.45) is 0.335.